The molecule has 0 amide bonds. The van der Waals surface area contributed by atoms with Crippen molar-refractivity contribution >= 4 is 5.97 Å². The van der Waals surface area contributed by atoms with Gasteiger partial charge in [0, 0.05) is 6.20 Å². The number of carbonyl (C=O) groups is 1. The fourth-order valence-corrected chi connectivity index (χ4v) is 3.29. The summed E-state index contributed by atoms with van der Waals surface area (Å²) in [6.45, 7) is 2.29. The zero-order valence-corrected chi connectivity index (χ0v) is 9.58. The van der Waals surface area contributed by atoms with E-state index in [1.807, 2.05) is 13.1 Å². The summed E-state index contributed by atoms with van der Waals surface area (Å²) >= 11 is 0. The maximum Gasteiger partial charge on any atom is 0.355 e. The quantitative estimate of drug-likeness (QED) is 0.777. The van der Waals surface area contributed by atoms with Crippen LogP contribution in [0.5, 0.6) is 0 Å². The van der Waals surface area contributed by atoms with Gasteiger partial charge in [0.1, 0.15) is 5.69 Å². The number of rotatable bonds is 2. The monoisotopic (exact) mass is 219 g/mol. The lowest BCUT2D eigenvalue weighted by Crippen LogP contribution is -2.22. The molecule has 3 nitrogen and oxygen atoms in total. The van der Waals surface area contributed by atoms with Gasteiger partial charge < -0.3 is 9.72 Å². The number of fused-ring (bicyclic) bond motifs is 2. The summed E-state index contributed by atoms with van der Waals surface area (Å²) in [5, 5.41) is 0. The number of ether oxygens (including phenoxy) is 1. The number of hydrogen-bond donors (Lipinski definition) is 1. The van der Waals surface area contributed by atoms with E-state index in [4.69, 9.17) is 4.74 Å². The second-order valence-corrected chi connectivity index (χ2v) is 4.80. The maximum absolute atomic E-state index is 11.8. The Morgan fingerprint density at radius 3 is 2.75 bits per heavy atom. The van der Waals surface area contributed by atoms with Crippen LogP contribution in [0.25, 0.3) is 0 Å². The van der Waals surface area contributed by atoms with Crippen molar-refractivity contribution in [2.24, 2.45) is 0 Å². The molecule has 0 saturated heterocycles. The molecule has 1 heterocycles. The molecule has 0 aromatic carbocycles. The molecular formula is C13H17NO2. The van der Waals surface area contributed by atoms with Crippen molar-refractivity contribution in [2.45, 2.75) is 44.4 Å². The number of hydrogen-bond acceptors (Lipinski definition) is 2. The average molecular weight is 219 g/mol. The van der Waals surface area contributed by atoms with Gasteiger partial charge in [-0.2, -0.15) is 0 Å². The summed E-state index contributed by atoms with van der Waals surface area (Å²) in [7, 11) is 0. The molecule has 0 atom stereocenters. The molecule has 86 valence electrons. The predicted octanol–water partition coefficient (Wildman–Crippen LogP) is 2.95. The Labute approximate surface area is 95.2 Å². The van der Waals surface area contributed by atoms with Crippen LogP contribution in [0.4, 0.5) is 0 Å². The van der Waals surface area contributed by atoms with Gasteiger partial charge in [-0.25, -0.2) is 4.79 Å². The molecule has 3 aliphatic rings. The lowest BCUT2D eigenvalue weighted by molar-refractivity contribution is 0.0517. The van der Waals surface area contributed by atoms with Crippen molar-refractivity contribution in [2.75, 3.05) is 6.61 Å². The van der Waals surface area contributed by atoms with Crippen LogP contribution in [0.3, 0.4) is 0 Å². The zero-order chi connectivity index (χ0) is 11.1. The molecule has 3 aliphatic carbocycles. The third-order valence-corrected chi connectivity index (χ3v) is 4.01. The van der Waals surface area contributed by atoms with Gasteiger partial charge >= 0.3 is 5.97 Å². The van der Waals surface area contributed by atoms with E-state index in [9.17, 15) is 4.79 Å². The summed E-state index contributed by atoms with van der Waals surface area (Å²) < 4.78 is 5.09. The van der Waals surface area contributed by atoms with Gasteiger partial charge in [-0.3, -0.25) is 0 Å². The Hall–Kier alpha value is -1.25. The van der Waals surface area contributed by atoms with Crippen molar-refractivity contribution in [1.29, 1.82) is 0 Å². The summed E-state index contributed by atoms with van der Waals surface area (Å²) in [5.74, 6) is 1.08. The Balaban J connectivity index is 2.00. The van der Waals surface area contributed by atoms with E-state index in [-0.39, 0.29) is 5.97 Å². The third-order valence-electron chi connectivity index (χ3n) is 4.01. The van der Waals surface area contributed by atoms with Gasteiger partial charge in [-0.05, 0) is 55.6 Å². The molecule has 0 unspecified atom stereocenters. The Morgan fingerprint density at radius 1 is 1.38 bits per heavy atom. The zero-order valence-electron chi connectivity index (χ0n) is 9.58. The summed E-state index contributed by atoms with van der Waals surface area (Å²) in [4.78, 5) is 14.9. The van der Waals surface area contributed by atoms with Crippen LogP contribution in [0.1, 0.15) is 66.1 Å². The van der Waals surface area contributed by atoms with Crippen LogP contribution in [-0.4, -0.2) is 17.6 Å². The second kappa shape index (κ2) is 3.65. The standard InChI is InChI=1S/C13H17NO2/c1-2-16-13(15)12-11-9-5-3-8(4-6-9)10(11)7-14-12/h7-9,14H,2-6H2,1H3. The van der Waals surface area contributed by atoms with Crippen LogP contribution in [0.2, 0.25) is 0 Å². The van der Waals surface area contributed by atoms with E-state index in [1.165, 1.54) is 36.8 Å². The molecule has 1 N–H and O–H groups in total. The highest BCUT2D eigenvalue weighted by atomic mass is 16.5. The molecule has 1 aromatic heterocycles. The lowest BCUT2D eigenvalue weighted by atomic mass is 9.68. The lowest BCUT2D eigenvalue weighted by Gasteiger charge is -2.36. The van der Waals surface area contributed by atoms with Crippen LogP contribution in [0.15, 0.2) is 6.20 Å². The molecule has 16 heavy (non-hydrogen) atoms. The van der Waals surface area contributed by atoms with Gasteiger partial charge in [0.15, 0.2) is 0 Å². The van der Waals surface area contributed by atoms with Crippen molar-refractivity contribution in [3.63, 3.8) is 0 Å². The fraction of sp³-hybridized carbons (Fsp3) is 0.615. The molecule has 3 heteroatoms. The van der Waals surface area contributed by atoms with Crippen LogP contribution < -0.4 is 0 Å². The molecule has 1 saturated carbocycles. The first kappa shape index (κ1) is 9.94. The van der Waals surface area contributed by atoms with Crippen molar-refractivity contribution < 1.29 is 9.53 Å². The highest BCUT2D eigenvalue weighted by Crippen LogP contribution is 2.50. The molecule has 0 spiro atoms. The van der Waals surface area contributed by atoms with Crippen molar-refractivity contribution in [3.8, 4) is 0 Å². The molecule has 0 aliphatic heterocycles. The molecule has 1 fully saturated rings. The summed E-state index contributed by atoms with van der Waals surface area (Å²) in [6, 6.07) is 0. The summed E-state index contributed by atoms with van der Waals surface area (Å²) in [6.07, 6.45) is 7.08. The van der Waals surface area contributed by atoms with Gasteiger partial charge in [0.2, 0.25) is 0 Å². The Bertz CT molecular complexity index is 414. The molecule has 4 rings (SSSR count). The average Bonchev–Trinajstić information content (AvgIpc) is 2.77. The van der Waals surface area contributed by atoms with E-state index >= 15 is 0 Å². The van der Waals surface area contributed by atoms with Crippen molar-refractivity contribution in [3.05, 3.63) is 23.0 Å². The van der Waals surface area contributed by atoms with E-state index < -0.39 is 0 Å². The van der Waals surface area contributed by atoms with Crippen LogP contribution in [-0.2, 0) is 4.74 Å². The number of carbonyl (C=O) groups excluding carboxylic acids is 1. The predicted molar refractivity (Wildman–Crippen MR) is 60.7 cm³/mol. The SMILES string of the molecule is CCOC(=O)c1[nH]cc2c1C1CCC2CC1. The van der Waals surface area contributed by atoms with Gasteiger partial charge in [0.25, 0.3) is 0 Å². The minimum atomic E-state index is -0.184. The maximum atomic E-state index is 11.8. The topological polar surface area (TPSA) is 42.1 Å². The minimum Gasteiger partial charge on any atom is -0.461 e. The Kier molecular flexibility index (Phi) is 2.27. The summed E-state index contributed by atoms with van der Waals surface area (Å²) in [5.41, 5.74) is 3.36. The molecular weight excluding hydrogens is 202 g/mol. The number of esters is 1. The van der Waals surface area contributed by atoms with E-state index in [0.29, 0.717) is 24.1 Å². The fourth-order valence-electron chi connectivity index (χ4n) is 3.29. The van der Waals surface area contributed by atoms with Crippen molar-refractivity contribution in [1.82, 2.24) is 4.98 Å². The Morgan fingerprint density at radius 2 is 2.06 bits per heavy atom. The van der Waals surface area contributed by atoms with E-state index in [2.05, 4.69) is 4.98 Å². The number of nitrogens with one attached hydrogen (secondary N) is 1. The van der Waals surface area contributed by atoms with Gasteiger partial charge in [-0.15, -0.1) is 0 Å². The van der Waals surface area contributed by atoms with Gasteiger partial charge in [-0.1, -0.05) is 0 Å². The highest BCUT2D eigenvalue weighted by molar-refractivity contribution is 5.90. The molecule has 0 radical (unpaired) electrons. The first-order chi connectivity index (χ1) is 7.81. The van der Waals surface area contributed by atoms with E-state index in [1.54, 1.807) is 0 Å². The minimum absolute atomic E-state index is 0.184. The third kappa shape index (κ3) is 1.30. The van der Waals surface area contributed by atoms with Crippen LogP contribution >= 0.6 is 0 Å². The number of aromatic amines is 1. The van der Waals surface area contributed by atoms with Crippen LogP contribution in [0, 0.1) is 0 Å². The smallest absolute Gasteiger partial charge is 0.355 e. The van der Waals surface area contributed by atoms with E-state index in [0.717, 1.165) is 0 Å². The normalized spacial score (nSPS) is 26.6. The number of aromatic nitrogens is 1. The van der Waals surface area contributed by atoms with Gasteiger partial charge in [0.05, 0.1) is 6.61 Å². The molecule has 1 aromatic rings. The highest BCUT2D eigenvalue weighted by Gasteiger charge is 2.37. The molecule has 2 bridgehead atoms. The first-order valence-electron chi connectivity index (χ1n) is 6.19. The number of H-pyrrole nitrogens is 1. The second-order valence-electron chi connectivity index (χ2n) is 4.80. The largest absolute Gasteiger partial charge is 0.461 e. The first-order valence-corrected chi connectivity index (χ1v) is 6.19.